The molecule has 6 heteroatoms. The minimum atomic E-state index is -0.176. The third kappa shape index (κ3) is 3.81. The van der Waals surface area contributed by atoms with Gasteiger partial charge in [-0.25, -0.2) is 0 Å². The lowest BCUT2D eigenvalue weighted by atomic mass is 9.68. The van der Waals surface area contributed by atoms with Crippen molar-refractivity contribution in [3.63, 3.8) is 0 Å². The fourth-order valence-electron chi connectivity index (χ4n) is 7.78. The van der Waals surface area contributed by atoms with E-state index < -0.39 is 0 Å². The highest BCUT2D eigenvalue weighted by atomic mass is 16.5. The van der Waals surface area contributed by atoms with Crippen molar-refractivity contribution >= 4 is 11.9 Å². The molecular formula is C27H41N3O3. The van der Waals surface area contributed by atoms with Gasteiger partial charge in [0.2, 0.25) is 0 Å². The molecule has 4 atom stereocenters. The van der Waals surface area contributed by atoms with E-state index >= 15 is 0 Å². The molecule has 4 aliphatic rings. The van der Waals surface area contributed by atoms with Gasteiger partial charge in [0.1, 0.15) is 0 Å². The predicted octanol–water partition coefficient (Wildman–Crippen LogP) is 5.00. The highest BCUT2D eigenvalue weighted by molar-refractivity contribution is 5.94. The van der Waals surface area contributed by atoms with E-state index in [0.717, 1.165) is 31.2 Å². The summed E-state index contributed by atoms with van der Waals surface area (Å²) in [7, 11) is 0. The monoisotopic (exact) mass is 455 g/mol. The summed E-state index contributed by atoms with van der Waals surface area (Å²) < 4.78 is 7.51. The van der Waals surface area contributed by atoms with Gasteiger partial charge in [0, 0.05) is 17.3 Å². The minimum Gasteiger partial charge on any atom is -0.466 e. The Balaban J connectivity index is 1.45. The molecule has 3 saturated carbocycles. The summed E-state index contributed by atoms with van der Waals surface area (Å²) in [6.45, 7) is 9.23. The van der Waals surface area contributed by atoms with E-state index in [-0.39, 0.29) is 34.7 Å². The first-order valence-corrected chi connectivity index (χ1v) is 13.3. The number of aromatic nitrogens is 2. The van der Waals surface area contributed by atoms with Gasteiger partial charge in [-0.1, -0.05) is 40.0 Å². The lowest BCUT2D eigenvalue weighted by Gasteiger charge is -2.43. The van der Waals surface area contributed by atoms with Crippen LogP contribution in [0, 0.1) is 22.7 Å². The Morgan fingerprint density at radius 3 is 2.55 bits per heavy atom. The molecule has 1 heterocycles. The average Bonchev–Trinajstić information content (AvgIpc) is 3.44. The number of hydrogen-bond donors (Lipinski definition) is 1. The van der Waals surface area contributed by atoms with E-state index in [1.54, 1.807) is 0 Å². The molecule has 1 aromatic heterocycles. The van der Waals surface area contributed by atoms with Crippen molar-refractivity contribution in [1.82, 2.24) is 15.1 Å². The van der Waals surface area contributed by atoms with Crippen LogP contribution in [0.15, 0.2) is 0 Å². The van der Waals surface area contributed by atoms with Gasteiger partial charge in [-0.05, 0) is 75.0 Å². The van der Waals surface area contributed by atoms with Gasteiger partial charge in [-0.2, -0.15) is 5.10 Å². The number of rotatable bonds is 5. The number of ether oxygens (including phenoxy) is 1. The first kappa shape index (κ1) is 22.9. The first-order valence-electron chi connectivity index (χ1n) is 13.3. The smallest absolute Gasteiger partial charge is 0.309 e. The second-order valence-corrected chi connectivity index (χ2v) is 12.0. The van der Waals surface area contributed by atoms with Gasteiger partial charge >= 0.3 is 5.97 Å². The van der Waals surface area contributed by atoms with Crippen LogP contribution in [0.3, 0.4) is 0 Å². The van der Waals surface area contributed by atoms with Crippen LogP contribution >= 0.6 is 0 Å². The summed E-state index contributed by atoms with van der Waals surface area (Å²) in [5, 5.41) is 8.44. The summed E-state index contributed by atoms with van der Waals surface area (Å²) in [4.78, 5) is 26.3. The predicted molar refractivity (Wildman–Crippen MR) is 127 cm³/mol. The zero-order valence-electron chi connectivity index (χ0n) is 20.9. The maximum atomic E-state index is 13.8. The number of hydrogen-bond acceptors (Lipinski definition) is 4. The highest BCUT2D eigenvalue weighted by Crippen LogP contribution is 2.62. The standard InChI is InChI=1S/C27H41N3O3/c1-5-33-24(32)17-11-12-21-20(15-17)22(29-30(21)19-9-7-6-8-10-19)23(31)28-25-26(2,3)18-13-14-27(25,4)16-18/h17-19,25H,5-16H2,1-4H3,(H,28,31). The molecule has 182 valence electrons. The zero-order chi connectivity index (χ0) is 23.4. The van der Waals surface area contributed by atoms with Gasteiger partial charge < -0.3 is 10.1 Å². The molecule has 5 rings (SSSR count). The Labute approximate surface area is 198 Å². The molecule has 2 bridgehead atoms. The highest BCUT2D eigenvalue weighted by Gasteiger charge is 2.59. The molecule has 3 fully saturated rings. The molecule has 4 unspecified atom stereocenters. The summed E-state index contributed by atoms with van der Waals surface area (Å²) in [5.41, 5.74) is 3.01. The van der Waals surface area contributed by atoms with Crippen LogP contribution in [0.25, 0.3) is 0 Å². The maximum Gasteiger partial charge on any atom is 0.309 e. The van der Waals surface area contributed by atoms with E-state index in [9.17, 15) is 9.59 Å². The number of carbonyl (C=O) groups excluding carboxylic acids is 2. The fraction of sp³-hybridized carbons (Fsp3) is 0.815. The Morgan fingerprint density at radius 1 is 1.12 bits per heavy atom. The lowest BCUT2D eigenvalue weighted by Crippen LogP contribution is -2.52. The number of carbonyl (C=O) groups is 2. The molecule has 0 saturated heterocycles. The maximum absolute atomic E-state index is 13.8. The topological polar surface area (TPSA) is 73.2 Å². The molecule has 0 aliphatic heterocycles. The van der Waals surface area contributed by atoms with E-state index in [2.05, 4.69) is 30.8 Å². The molecule has 0 aromatic carbocycles. The second kappa shape index (κ2) is 8.42. The molecule has 0 radical (unpaired) electrons. The Hall–Kier alpha value is -1.85. The van der Waals surface area contributed by atoms with E-state index in [0.29, 0.717) is 30.7 Å². The van der Waals surface area contributed by atoms with Gasteiger partial charge in [0.25, 0.3) is 5.91 Å². The van der Waals surface area contributed by atoms with Crippen molar-refractivity contribution in [2.45, 2.75) is 110 Å². The number of nitrogens with one attached hydrogen (secondary N) is 1. The molecule has 0 spiro atoms. The largest absolute Gasteiger partial charge is 0.466 e. The normalized spacial score (nSPS) is 33.0. The van der Waals surface area contributed by atoms with Crippen molar-refractivity contribution in [1.29, 1.82) is 0 Å². The van der Waals surface area contributed by atoms with Crippen molar-refractivity contribution in [2.24, 2.45) is 22.7 Å². The molecule has 4 aliphatic carbocycles. The lowest BCUT2D eigenvalue weighted by molar-refractivity contribution is -0.148. The van der Waals surface area contributed by atoms with Gasteiger partial charge in [0.15, 0.2) is 5.69 Å². The van der Waals surface area contributed by atoms with Gasteiger partial charge in [-0.3, -0.25) is 14.3 Å². The van der Waals surface area contributed by atoms with E-state index in [4.69, 9.17) is 9.84 Å². The van der Waals surface area contributed by atoms with Crippen LogP contribution < -0.4 is 5.32 Å². The number of nitrogens with zero attached hydrogens (tertiary/aromatic N) is 2. The van der Waals surface area contributed by atoms with Gasteiger partial charge in [0.05, 0.1) is 18.6 Å². The molecule has 33 heavy (non-hydrogen) atoms. The summed E-state index contributed by atoms with van der Waals surface area (Å²) >= 11 is 0. The van der Waals surface area contributed by atoms with Crippen LogP contribution in [0.4, 0.5) is 0 Å². The Bertz CT molecular complexity index is 925. The summed E-state index contributed by atoms with van der Waals surface area (Å²) in [6.07, 6.45) is 11.8. The number of fused-ring (bicyclic) bond motifs is 3. The van der Waals surface area contributed by atoms with Crippen LogP contribution in [-0.2, 0) is 22.4 Å². The molecule has 6 nitrogen and oxygen atoms in total. The van der Waals surface area contributed by atoms with E-state index in [1.807, 2.05) is 6.92 Å². The zero-order valence-corrected chi connectivity index (χ0v) is 20.9. The van der Waals surface area contributed by atoms with E-state index in [1.165, 1.54) is 44.2 Å². The number of amides is 1. The van der Waals surface area contributed by atoms with Crippen LogP contribution in [0.1, 0.15) is 113 Å². The Kier molecular flexibility index (Phi) is 5.85. The molecule has 1 amide bonds. The first-order chi connectivity index (χ1) is 15.7. The second-order valence-electron chi connectivity index (χ2n) is 12.0. The molecule has 1 aromatic rings. The minimum absolute atomic E-state index is 0.0443. The van der Waals surface area contributed by atoms with Crippen LogP contribution in [0.5, 0.6) is 0 Å². The fourth-order valence-corrected chi connectivity index (χ4v) is 7.78. The number of esters is 1. The molecular weight excluding hydrogens is 414 g/mol. The van der Waals surface area contributed by atoms with Crippen molar-refractivity contribution < 1.29 is 14.3 Å². The SMILES string of the molecule is CCOC(=O)C1CCc2c(c(C(=O)NC3C4(C)CCC(C4)C3(C)C)nn2C2CCCCC2)C1. The quantitative estimate of drug-likeness (QED) is 0.634. The third-order valence-corrected chi connectivity index (χ3v) is 9.60. The summed E-state index contributed by atoms with van der Waals surface area (Å²) in [5.74, 6) is 0.318. The average molecular weight is 456 g/mol. The third-order valence-electron chi connectivity index (χ3n) is 9.60. The van der Waals surface area contributed by atoms with Gasteiger partial charge in [-0.15, -0.1) is 0 Å². The van der Waals surface area contributed by atoms with Crippen molar-refractivity contribution in [3.8, 4) is 0 Å². The van der Waals surface area contributed by atoms with Crippen molar-refractivity contribution in [3.05, 3.63) is 17.0 Å². The van der Waals surface area contributed by atoms with Crippen LogP contribution in [-0.4, -0.2) is 34.3 Å². The van der Waals surface area contributed by atoms with Crippen LogP contribution in [0.2, 0.25) is 0 Å². The summed E-state index contributed by atoms with van der Waals surface area (Å²) in [6, 6.07) is 0.542. The molecule has 1 N–H and O–H groups in total. The Morgan fingerprint density at radius 2 is 1.88 bits per heavy atom. The van der Waals surface area contributed by atoms with Crippen molar-refractivity contribution in [2.75, 3.05) is 6.61 Å².